The van der Waals surface area contributed by atoms with Gasteiger partial charge in [0.15, 0.2) is 12.3 Å². The Hall–Kier alpha value is -3.68. The predicted molar refractivity (Wildman–Crippen MR) is 119 cm³/mol. The molecule has 3 aromatic heterocycles. The van der Waals surface area contributed by atoms with E-state index in [9.17, 15) is 4.79 Å². The molecular formula is C23H26N6O2. The molecule has 1 amide bonds. The van der Waals surface area contributed by atoms with Crippen molar-refractivity contribution in [3.63, 3.8) is 0 Å². The monoisotopic (exact) mass is 418 g/mol. The first-order valence-corrected chi connectivity index (χ1v) is 10.1. The van der Waals surface area contributed by atoms with Crippen molar-refractivity contribution in [3.05, 3.63) is 59.5 Å². The Bertz CT molecular complexity index is 1240. The molecule has 0 spiro atoms. The molecule has 8 heteroatoms. The second kappa shape index (κ2) is 8.22. The van der Waals surface area contributed by atoms with E-state index in [-0.39, 0.29) is 18.6 Å². The van der Waals surface area contributed by atoms with Crippen LogP contribution in [0.3, 0.4) is 0 Å². The smallest absolute Gasteiger partial charge is 0.258 e. The van der Waals surface area contributed by atoms with Gasteiger partial charge in [-0.15, -0.1) is 0 Å². The maximum Gasteiger partial charge on any atom is 0.258 e. The van der Waals surface area contributed by atoms with E-state index in [1.807, 2.05) is 69.8 Å². The van der Waals surface area contributed by atoms with E-state index < -0.39 is 0 Å². The van der Waals surface area contributed by atoms with Crippen molar-refractivity contribution in [3.8, 4) is 17.3 Å². The zero-order valence-corrected chi connectivity index (χ0v) is 18.4. The minimum atomic E-state index is -0.201. The molecule has 0 bridgehead atoms. The number of amides is 1. The number of rotatable bonds is 6. The zero-order valence-electron chi connectivity index (χ0n) is 18.4. The number of pyridine rings is 1. The summed E-state index contributed by atoms with van der Waals surface area (Å²) in [6.45, 7) is 5.86. The van der Waals surface area contributed by atoms with Crippen molar-refractivity contribution >= 4 is 16.9 Å². The predicted octanol–water partition coefficient (Wildman–Crippen LogP) is 3.24. The molecule has 0 radical (unpaired) electrons. The standard InChI is InChI=1S/C23H26N6O2/c1-14-6-8-17(9-7-14)16(3)25-19(30)12-31-20-10-15(2)21-22(18-11-24-13-28(18)4)27-29(5)23(21)26-20/h6-11,13,16H,12H2,1-5H3,(H,25,30). The fourth-order valence-corrected chi connectivity index (χ4v) is 3.60. The molecule has 3 heterocycles. The van der Waals surface area contributed by atoms with Crippen LogP contribution in [0, 0.1) is 13.8 Å². The van der Waals surface area contributed by atoms with Gasteiger partial charge < -0.3 is 14.6 Å². The molecule has 0 aliphatic carbocycles. The Morgan fingerprint density at radius 1 is 1.19 bits per heavy atom. The lowest BCUT2D eigenvalue weighted by molar-refractivity contribution is -0.123. The zero-order chi connectivity index (χ0) is 22.1. The molecule has 31 heavy (non-hydrogen) atoms. The number of fused-ring (bicyclic) bond motifs is 1. The van der Waals surface area contributed by atoms with Gasteiger partial charge in [-0.05, 0) is 31.9 Å². The van der Waals surface area contributed by atoms with Crippen molar-refractivity contribution in [1.29, 1.82) is 0 Å². The number of nitrogens with zero attached hydrogens (tertiary/aromatic N) is 5. The molecule has 0 fully saturated rings. The number of aromatic nitrogens is 5. The maximum absolute atomic E-state index is 12.4. The Labute approximate surface area is 180 Å². The fraction of sp³-hybridized carbons (Fsp3) is 0.304. The number of imidazole rings is 1. The molecular weight excluding hydrogens is 392 g/mol. The van der Waals surface area contributed by atoms with Crippen molar-refractivity contribution in [2.75, 3.05) is 6.61 Å². The molecule has 4 aromatic rings. The number of benzene rings is 1. The van der Waals surface area contributed by atoms with Crippen LogP contribution in [0.2, 0.25) is 0 Å². The molecule has 1 atom stereocenters. The van der Waals surface area contributed by atoms with Crippen molar-refractivity contribution in [1.82, 2.24) is 29.6 Å². The summed E-state index contributed by atoms with van der Waals surface area (Å²) in [5.74, 6) is 0.191. The van der Waals surface area contributed by atoms with Crippen LogP contribution in [0.5, 0.6) is 5.88 Å². The highest BCUT2D eigenvalue weighted by atomic mass is 16.5. The van der Waals surface area contributed by atoms with Gasteiger partial charge in [-0.1, -0.05) is 29.8 Å². The summed E-state index contributed by atoms with van der Waals surface area (Å²) in [4.78, 5) is 21.2. The number of aryl methyl sites for hydroxylation is 4. The topological polar surface area (TPSA) is 86.9 Å². The van der Waals surface area contributed by atoms with E-state index >= 15 is 0 Å². The molecule has 160 valence electrons. The van der Waals surface area contributed by atoms with Crippen molar-refractivity contribution < 1.29 is 9.53 Å². The van der Waals surface area contributed by atoms with Gasteiger partial charge in [0.25, 0.3) is 5.91 Å². The van der Waals surface area contributed by atoms with E-state index in [1.165, 1.54) is 5.56 Å². The van der Waals surface area contributed by atoms with E-state index in [1.54, 1.807) is 17.2 Å². The largest absolute Gasteiger partial charge is 0.468 e. The highest BCUT2D eigenvalue weighted by molar-refractivity contribution is 5.93. The number of ether oxygens (including phenoxy) is 1. The average molecular weight is 419 g/mol. The second-order valence-electron chi connectivity index (χ2n) is 7.83. The third-order valence-corrected chi connectivity index (χ3v) is 5.33. The Balaban J connectivity index is 1.49. The van der Waals surface area contributed by atoms with Gasteiger partial charge in [0.1, 0.15) is 5.69 Å². The summed E-state index contributed by atoms with van der Waals surface area (Å²) >= 11 is 0. The van der Waals surface area contributed by atoms with E-state index in [4.69, 9.17) is 4.74 Å². The molecule has 1 aromatic carbocycles. The van der Waals surface area contributed by atoms with Gasteiger partial charge in [-0.2, -0.15) is 10.1 Å². The molecule has 0 aliphatic rings. The Kier molecular flexibility index (Phi) is 5.46. The van der Waals surface area contributed by atoms with Crippen molar-refractivity contribution in [2.24, 2.45) is 14.1 Å². The molecule has 1 unspecified atom stereocenters. The van der Waals surface area contributed by atoms with Crippen LogP contribution >= 0.6 is 0 Å². The molecule has 8 nitrogen and oxygen atoms in total. The highest BCUT2D eigenvalue weighted by Gasteiger charge is 2.18. The third kappa shape index (κ3) is 4.14. The number of nitrogens with one attached hydrogen (secondary N) is 1. The Morgan fingerprint density at radius 2 is 1.94 bits per heavy atom. The lowest BCUT2D eigenvalue weighted by Gasteiger charge is -2.15. The molecule has 0 saturated carbocycles. The summed E-state index contributed by atoms with van der Waals surface area (Å²) in [5, 5.41) is 8.53. The summed E-state index contributed by atoms with van der Waals surface area (Å²) in [7, 11) is 3.77. The first-order valence-electron chi connectivity index (χ1n) is 10.1. The summed E-state index contributed by atoms with van der Waals surface area (Å²) < 4.78 is 9.35. The maximum atomic E-state index is 12.4. The molecule has 0 saturated heterocycles. The summed E-state index contributed by atoms with van der Waals surface area (Å²) in [6, 6.07) is 9.83. The highest BCUT2D eigenvalue weighted by Crippen LogP contribution is 2.30. The van der Waals surface area contributed by atoms with Gasteiger partial charge in [-0.3, -0.25) is 4.79 Å². The van der Waals surface area contributed by atoms with Crippen LogP contribution in [0.15, 0.2) is 42.9 Å². The first kappa shape index (κ1) is 20.6. The lowest BCUT2D eigenvalue weighted by atomic mass is 10.1. The van der Waals surface area contributed by atoms with Gasteiger partial charge in [-0.25, -0.2) is 9.67 Å². The van der Waals surface area contributed by atoms with Gasteiger partial charge in [0.2, 0.25) is 5.88 Å². The van der Waals surface area contributed by atoms with Crippen LogP contribution in [0.4, 0.5) is 0 Å². The quantitative estimate of drug-likeness (QED) is 0.519. The number of hydrogen-bond acceptors (Lipinski definition) is 5. The van der Waals surface area contributed by atoms with Gasteiger partial charge in [0, 0.05) is 20.2 Å². The lowest BCUT2D eigenvalue weighted by Crippen LogP contribution is -2.31. The van der Waals surface area contributed by atoms with Gasteiger partial charge in [0.05, 0.1) is 29.6 Å². The molecule has 1 N–H and O–H groups in total. The second-order valence-corrected chi connectivity index (χ2v) is 7.83. The van der Waals surface area contributed by atoms with Crippen LogP contribution in [0.1, 0.15) is 29.7 Å². The van der Waals surface area contributed by atoms with E-state index in [0.29, 0.717) is 11.5 Å². The van der Waals surface area contributed by atoms with Crippen LogP contribution in [-0.2, 0) is 18.9 Å². The molecule has 0 aliphatic heterocycles. The van der Waals surface area contributed by atoms with Gasteiger partial charge >= 0.3 is 0 Å². The average Bonchev–Trinajstić information content (AvgIpc) is 3.30. The summed E-state index contributed by atoms with van der Waals surface area (Å²) in [6.07, 6.45) is 3.53. The minimum Gasteiger partial charge on any atom is -0.468 e. The summed E-state index contributed by atoms with van der Waals surface area (Å²) in [5.41, 5.74) is 5.63. The number of carbonyl (C=O) groups is 1. The van der Waals surface area contributed by atoms with E-state index in [2.05, 4.69) is 20.4 Å². The van der Waals surface area contributed by atoms with E-state index in [0.717, 1.165) is 27.9 Å². The molecule has 4 rings (SSSR count). The third-order valence-electron chi connectivity index (χ3n) is 5.33. The van der Waals surface area contributed by atoms with Crippen LogP contribution in [-0.4, -0.2) is 36.8 Å². The SMILES string of the molecule is Cc1ccc(C(C)NC(=O)COc2cc(C)c3c(-c4cncn4C)nn(C)c3n2)cc1. The normalized spacial score (nSPS) is 12.2. The van der Waals surface area contributed by atoms with Crippen molar-refractivity contribution in [2.45, 2.75) is 26.8 Å². The van der Waals surface area contributed by atoms with Crippen LogP contribution < -0.4 is 10.1 Å². The minimum absolute atomic E-state index is 0.104. The fourth-order valence-electron chi connectivity index (χ4n) is 3.60. The Morgan fingerprint density at radius 3 is 2.61 bits per heavy atom. The first-order chi connectivity index (χ1) is 14.8. The van der Waals surface area contributed by atoms with Crippen LogP contribution in [0.25, 0.3) is 22.4 Å². The number of hydrogen-bond donors (Lipinski definition) is 1. The number of carbonyl (C=O) groups excluding carboxylic acids is 1.